The van der Waals surface area contributed by atoms with Gasteiger partial charge in [-0.25, -0.2) is 0 Å². The Balaban J connectivity index is 0.00000450. The molecular formula is C21H28BrN3O5. The van der Waals surface area contributed by atoms with Crippen LogP contribution >= 0.6 is 17.0 Å². The van der Waals surface area contributed by atoms with Crippen molar-refractivity contribution in [1.29, 1.82) is 0 Å². The van der Waals surface area contributed by atoms with Crippen LogP contribution in [0, 0.1) is 5.92 Å². The summed E-state index contributed by atoms with van der Waals surface area (Å²) in [6.45, 7) is 5.31. The van der Waals surface area contributed by atoms with Gasteiger partial charge in [-0.05, 0) is 25.7 Å². The van der Waals surface area contributed by atoms with E-state index in [1.165, 1.54) is 24.0 Å². The van der Waals surface area contributed by atoms with Crippen LogP contribution in [0.1, 0.15) is 44.0 Å². The van der Waals surface area contributed by atoms with Crippen molar-refractivity contribution in [2.75, 3.05) is 6.54 Å². The standard InChI is InChI=1S/C21H27N3O5.BrH/c1-12(2)16(23-20(28)13(3)22)21(29)24-11-7-10-15(24)18(26)19(27)17(25)14-8-5-4-6-9-14;/h4-6,8-9,12-13,15-16H,7,10-11,22H2,1-3H3,(H,23,28);1H/t13-,15-,16-;/m0./s1. The van der Waals surface area contributed by atoms with Crippen LogP contribution in [-0.2, 0) is 19.2 Å². The predicted molar refractivity (Wildman–Crippen MR) is 116 cm³/mol. The second kappa shape index (κ2) is 11.1. The van der Waals surface area contributed by atoms with E-state index in [9.17, 15) is 24.0 Å². The summed E-state index contributed by atoms with van der Waals surface area (Å²) in [4.78, 5) is 63.8. The average molecular weight is 482 g/mol. The Labute approximate surface area is 186 Å². The first kappa shape index (κ1) is 25.6. The maximum atomic E-state index is 13.0. The van der Waals surface area contributed by atoms with E-state index < -0.39 is 47.3 Å². The fraction of sp³-hybridized carbons (Fsp3) is 0.476. The van der Waals surface area contributed by atoms with Gasteiger partial charge in [0.15, 0.2) is 0 Å². The number of carbonyl (C=O) groups is 5. The molecule has 30 heavy (non-hydrogen) atoms. The SMILES string of the molecule is Br.CC(C)[C@H](NC(=O)[C@H](C)N)C(=O)N1CCC[C@H]1C(=O)C(=O)C(=O)c1ccccc1. The van der Waals surface area contributed by atoms with Crippen molar-refractivity contribution in [1.82, 2.24) is 10.2 Å². The summed E-state index contributed by atoms with van der Waals surface area (Å²) >= 11 is 0. The molecule has 8 nitrogen and oxygen atoms in total. The van der Waals surface area contributed by atoms with Gasteiger partial charge in [-0.15, -0.1) is 17.0 Å². The molecule has 1 aliphatic rings. The van der Waals surface area contributed by atoms with Crippen molar-refractivity contribution in [3.05, 3.63) is 35.9 Å². The van der Waals surface area contributed by atoms with Gasteiger partial charge in [0.2, 0.25) is 23.4 Å². The van der Waals surface area contributed by atoms with Gasteiger partial charge in [0.1, 0.15) is 6.04 Å². The Bertz CT molecular complexity index is 810. The van der Waals surface area contributed by atoms with Crippen LogP contribution in [0.3, 0.4) is 0 Å². The molecule has 0 radical (unpaired) electrons. The smallest absolute Gasteiger partial charge is 0.271 e. The largest absolute Gasteiger partial charge is 0.343 e. The van der Waals surface area contributed by atoms with Crippen LogP contribution in [0.5, 0.6) is 0 Å². The molecule has 0 spiro atoms. The highest BCUT2D eigenvalue weighted by molar-refractivity contribution is 8.93. The van der Waals surface area contributed by atoms with Gasteiger partial charge in [-0.1, -0.05) is 44.2 Å². The Kier molecular flexibility index (Phi) is 9.51. The number of hydrogen-bond donors (Lipinski definition) is 2. The third-order valence-electron chi connectivity index (χ3n) is 4.95. The molecule has 0 aliphatic carbocycles. The quantitative estimate of drug-likeness (QED) is 0.324. The van der Waals surface area contributed by atoms with E-state index in [0.29, 0.717) is 12.8 Å². The predicted octanol–water partition coefficient (Wildman–Crippen LogP) is 1.06. The molecule has 1 heterocycles. The fourth-order valence-electron chi connectivity index (χ4n) is 3.26. The van der Waals surface area contributed by atoms with Crippen LogP contribution in [0.4, 0.5) is 0 Å². The Morgan fingerprint density at radius 3 is 2.20 bits per heavy atom. The molecule has 3 atom stereocenters. The van der Waals surface area contributed by atoms with Gasteiger partial charge in [0.25, 0.3) is 5.78 Å². The number of nitrogens with two attached hydrogens (primary N) is 1. The minimum absolute atomic E-state index is 0. The second-order valence-electron chi connectivity index (χ2n) is 7.60. The molecule has 2 rings (SSSR count). The molecule has 1 fully saturated rings. The summed E-state index contributed by atoms with van der Waals surface area (Å²) < 4.78 is 0. The highest BCUT2D eigenvalue weighted by atomic mass is 79.9. The van der Waals surface area contributed by atoms with Crippen molar-refractivity contribution in [2.24, 2.45) is 11.7 Å². The minimum Gasteiger partial charge on any atom is -0.343 e. The maximum Gasteiger partial charge on any atom is 0.271 e. The number of nitrogens with one attached hydrogen (secondary N) is 1. The molecule has 0 bridgehead atoms. The molecule has 9 heteroatoms. The number of carbonyl (C=O) groups excluding carboxylic acids is 5. The number of hydrogen-bond acceptors (Lipinski definition) is 6. The monoisotopic (exact) mass is 481 g/mol. The molecule has 0 saturated carbocycles. The lowest BCUT2D eigenvalue weighted by Crippen LogP contribution is -2.56. The van der Waals surface area contributed by atoms with E-state index in [-0.39, 0.29) is 35.0 Å². The highest BCUT2D eigenvalue weighted by Gasteiger charge is 2.42. The molecule has 164 valence electrons. The second-order valence-corrected chi connectivity index (χ2v) is 7.60. The Morgan fingerprint density at radius 1 is 1.07 bits per heavy atom. The lowest BCUT2D eigenvalue weighted by Gasteiger charge is -2.30. The molecule has 0 unspecified atom stereocenters. The Morgan fingerprint density at radius 2 is 1.67 bits per heavy atom. The van der Waals surface area contributed by atoms with Crippen LogP contribution in [-0.4, -0.2) is 58.7 Å². The topological polar surface area (TPSA) is 127 Å². The number of ketones is 3. The first-order chi connectivity index (χ1) is 13.6. The van der Waals surface area contributed by atoms with Gasteiger partial charge in [0, 0.05) is 12.1 Å². The van der Waals surface area contributed by atoms with E-state index in [1.807, 2.05) is 0 Å². The van der Waals surface area contributed by atoms with Crippen LogP contribution < -0.4 is 11.1 Å². The van der Waals surface area contributed by atoms with E-state index in [4.69, 9.17) is 5.73 Å². The minimum atomic E-state index is -1.14. The summed E-state index contributed by atoms with van der Waals surface area (Å²) in [5, 5.41) is 2.61. The number of halogens is 1. The van der Waals surface area contributed by atoms with Gasteiger partial charge in [-0.2, -0.15) is 0 Å². The summed E-state index contributed by atoms with van der Waals surface area (Å²) in [5.41, 5.74) is 5.70. The normalized spacial score (nSPS) is 17.6. The van der Waals surface area contributed by atoms with E-state index >= 15 is 0 Å². The van der Waals surface area contributed by atoms with Crippen molar-refractivity contribution in [3.63, 3.8) is 0 Å². The number of nitrogens with zero attached hydrogens (tertiary/aromatic N) is 1. The van der Waals surface area contributed by atoms with Gasteiger partial charge >= 0.3 is 0 Å². The third kappa shape index (κ3) is 5.82. The third-order valence-corrected chi connectivity index (χ3v) is 4.95. The first-order valence-corrected chi connectivity index (χ1v) is 9.69. The highest BCUT2D eigenvalue weighted by Crippen LogP contribution is 2.22. The van der Waals surface area contributed by atoms with Crippen molar-refractivity contribution >= 4 is 46.1 Å². The lowest BCUT2D eigenvalue weighted by atomic mass is 9.97. The van der Waals surface area contributed by atoms with Crippen molar-refractivity contribution in [2.45, 2.75) is 51.7 Å². The molecule has 1 saturated heterocycles. The number of amides is 2. The molecule has 2 amide bonds. The number of likely N-dealkylation sites (tertiary alicyclic amines) is 1. The van der Waals surface area contributed by atoms with Crippen LogP contribution in [0.2, 0.25) is 0 Å². The summed E-state index contributed by atoms with van der Waals surface area (Å²) in [6, 6.07) is 5.16. The summed E-state index contributed by atoms with van der Waals surface area (Å²) in [7, 11) is 0. The lowest BCUT2D eigenvalue weighted by molar-refractivity contribution is -0.144. The van der Waals surface area contributed by atoms with Crippen LogP contribution in [0.25, 0.3) is 0 Å². The van der Waals surface area contributed by atoms with Crippen molar-refractivity contribution < 1.29 is 24.0 Å². The molecule has 0 aromatic heterocycles. The van der Waals surface area contributed by atoms with Crippen LogP contribution in [0.15, 0.2) is 30.3 Å². The summed E-state index contributed by atoms with van der Waals surface area (Å²) in [5.74, 6) is -4.10. The van der Waals surface area contributed by atoms with E-state index in [2.05, 4.69) is 5.32 Å². The fourth-order valence-corrected chi connectivity index (χ4v) is 3.26. The molecule has 1 aromatic rings. The number of rotatable bonds is 8. The van der Waals surface area contributed by atoms with Gasteiger partial charge < -0.3 is 16.0 Å². The van der Waals surface area contributed by atoms with E-state index in [0.717, 1.165) is 0 Å². The Hall–Kier alpha value is -2.39. The summed E-state index contributed by atoms with van der Waals surface area (Å²) in [6.07, 6.45) is 0.825. The molecule has 1 aromatic carbocycles. The zero-order valence-electron chi connectivity index (χ0n) is 17.3. The zero-order valence-corrected chi connectivity index (χ0v) is 19.0. The molecule has 3 N–H and O–H groups in total. The number of benzene rings is 1. The molecule has 1 aliphatic heterocycles. The average Bonchev–Trinajstić information content (AvgIpc) is 3.19. The molecular weight excluding hydrogens is 454 g/mol. The maximum absolute atomic E-state index is 13.0. The number of Topliss-reactive ketones (excluding diaryl/α,β-unsaturated/α-hetero) is 3. The zero-order chi connectivity index (χ0) is 21.7. The first-order valence-electron chi connectivity index (χ1n) is 9.69. The van der Waals surface area contributed by atoms with Gasteiger partial charge in [-0.3, -0.25) is 24.0 Å². The van der Waals surface area contributed by atoms with E-state index in [1.54, 1.807) is 32.0 Å². The van der Waals surface area contributed by atoms with Gasteiger partial charge in [0.05, 0.1) is 12.1 Å². The van der Waals surface area contributed by atoms with Crippen molar-refractivity contribution in [3.8, 4) is 0 Å².